The fraction of sp³-hybridized carbons (Fsp3) is 0.917. The lowest BCUT2D eigenvalue weighted by atomic mass is 10.00. The minimum atomic E-state index is 0.0930. The molecule has 1 saturated carbocycles. The van der Waals surface area contributed by atoms with Crippen molar-refractivity contribution in [3.63, 3.8) is 0 Å². The molecule has 1 rings (SSSR count). The molecule has 0 unspecified atom stereocenters. The average Bonchev–Trinajstić information content (AvgIpc) is 2.50. The third-order valence-corrected chi connectivity index (χ3v) is 3.32. The van der Waals surface area contributed by atoms with Crippen LogP contribution in [0.3, 0.4) is 0 Å². The van der Waals surface area contributed by atoms with Gasteiger partial charge in [0.05, 0.1) is 0 Å². The van der Waals surface area contributed by atoms with Crippen molar-refractivity contribution in [3.05, 3.63) is 0 Å². The Morgan fingerprint density at radius 3 is 2.47 bits per heavy atom. The van der Waals surface area contributed by atoms with Gasteiger partial charge in [-0.15, -0.1) is 0 Å². The van der Waals surface area contributed by atoms with E-state index in [1.165, 1.54) is 6.42 Å². The van der Waals surface area contributed by atoms with Crippen LogP contribution in [0.1, 0.15) is 53.4 Å². The summed E-state index contributed by atoms with van der Waals surface area (Å²) in [4.78, 5) is 10.9. The Balaban J connectivity index is 2.33. The van der Waals surface area contributed by atoms with Crippen LogP contribution in [-0.2, 0) is 4.79 Å². The Hall–Kier alpha value is -0.570. The highest BCUT2D eigenvalue weighted by Gasteiger charge is 2.28. The van der Waals surface area contributed by atoms with E-state index in [0.29, 0.717) is 12.1 Å². The summed E-state index contributed by atoms with van der Waals surface area (Å²) in [7, 11) is 0. The van der Waals surface area contributed by atoms with Crippen molar-refractivity contribution in [2.75, 3.05) is 0 Å². The first kappa shape index (κ1) is 12.5. The second-order valence-corrected chi connectivity index (χ2v) is 5.29. The zero-order chi connectivity index (χ0) is 11.5. The number of hydrogen-bond acceptors (Lipinski definition) is 2. The molecule has 3 nitrogen and oxygen atoms in total. The predicted molar refractivity (Wildman–Crippen MR) is 62.7 cm³/mol. The molecule has 15 heavy (non-hydrogen) atoms. The van der Waals surface area contributed by atoms with Crippen molar-refractivity contribution >= 4 is 5.91 Å². The summed E-state index contributed by atoms with van der Waals surface area (Å²) in [5.74, 6) is 0.0930. The minimum Gasteiger partial charge on any atom is -0.354 e. The Bertz CT molecular complexity index is 226. The molecule has 0 aromatic rings. The Labute approximate surface area is 93.0 Å². The first-order valence-corrected chi connectivity index (χ1v) is 5.98. The van der Waals surface area contributed by atoms with E-state index < -0.39 is 0 Å². The number of amides is 1. The third kappa shape index (κ3) is 4.20. The fourth-order valence-corrected chi connectivity index (χ4v) is 2.19. The van der Waals surface area contributed by atoms with Crippen molar-refractivity contribution in [3.8, 4) is 0 Å². The minimum absolute atomic E-state index is 0.0930. The van der Waals surface area contributed by atoms with Crippen molar-refractivity contribution in [1.82, 2.24) is 10.6 Å². The third-order valence-electron chi connectivity index (χ3n) is 3.32. The van der Waals surface area contributed by atoms with Crippen molar-refractivity contribution < 1.29 is 4.79 Å². The molecule has 1 aliphatic carbocycles. The van der Waals surface area contributed by atoms with Gasteiger partial charge >= 0.3 is 0 Å². The quantitative estimate of drug-likeness (QED) is 0.746. The maximum Gasteiger partial charge on any atom is 0.217 e. The number of rotatable bonds is 4. The molecule has 0 aromatic heterocycles. The second kappa shape index (κ2) is 4.97. The first-order chi connectivity index (χ1) is 6.93. The molecule has 3 heteroatoms. The van der Waals surface area contributed by atoms with Crippen LogP contribution in [0.5, 0.6) is 0 Å². The smallest absolute Gasteiger partial charge is 0.217 e. The van der Waals surface area contributed by atoms with E-state index >= 15 is 0 Å². The van der Waals surface area contributed by atoms with Crippen LogP contribution in [0, 0.1) is 0 Å². The molecular weight excluding hydrogens is 188 g/mol. The van der Waals surface area contributed by atoms with Gasteiger partial charge < -0.3 is 10.6 Å². The monoisotopic (exact) mass is 212 g/mol. The van der Waals surface area contributed by atoms with E-state index in [2.05, 4.69) is 31.4 Å². The summed E-state index contributed by atoms with van der Waals surface area (Å²) < 4.78 is 0. The SMILES string of the molecule is CCC(C)(C)N[C@H]1CC[C@@H](NC(C)=O)C1. The van der Waals surface area contributed by atoms with Crippen LogP contribution in [0.25, 0.3) is 0 Å². The van der Waals surface area contributed by atoms with Crippen LogP contribution in [0.15, 0.2) is 0 Å². The van der Waals surface area contributed by atoms with E-state index in [-0.39, 0.29) is 11.4 Å². The second-order valence-electron chi connectivity index (χ2n) is 5.29. The molecule has 0 saturated heterocycles. The highest BCUT2D eigenvalue weighted by atomic mass is 16.1. The zero-order valence-corrected chi connectivity index (χ0v) is 10.4. The lowest BCUT2D eigenvalue weighted by molar-refractivity contribution is -0.119. The van der Waals surface area contributed by atoms with E-state index in [9.17, 15) is 4.79 Å². The van der Waals surface area contributed by atoms with E-state index in [1.54, 1.807) is 6.92 Å². The van der Waals surface area contributed by atoms with Crippen molar-refractivity contribution in [1.29, 1.82) is 0 Å². The highest BCUT2D eigenvalue weighted by Crippen LogP contribution is 2.22. The molecule has 0 heterocycles. The van der Waals surface area contributed by atoms with E-state index in [0.717, 1.165) is 19.3 Å². The van der Waals surface area contributed by atoms with Gasteiger partial charge in [-0.25, -0.2) is 0 Å². The lowest BCUT2D eigenvalue weighted by Gasteiger charge is -2.29. The molecule has 2 N–H and O–H groups in total. The molecule has 88 valence electrons. The number of nitrogens with one attached hydrogen (secondary N) is 2. The molecule has 0 aromatic carbocycles. The van der Waals surface area contributed by atoms with Crippen molar-refractivity contribution in [2.45, 2.75) is 71.0 Å². The fourth-order valence-electron chi connectivity index (χ4n) is 2.19. The van der Waals surface area contributed by atoms with Crippen LogP contribution >= 0.6 is 0 Å². The first-order valence-electron chi connectivity index (χ1n) is 5.98. The van der Waals surface area contributed by atoms with Crippen LogP contribution in [-0.4, -0.2) is 23.5 Å². The van der Waals surface area contributed by atoms with Gasteiger partial charge in [-0.05, 0) is 39.5 Å². The largest absolute Gasteiger partial charge is 0.354 e. The highest BCUT2D eigenvalue weighted by molar-refractivity contribution is 5.73. The molecule has 2 atom stereocenters. The van der Waals surface area contributed by atoms with Gasteiger partial charge in [-0.2, -0.15) is 0 Å². The van der Waals surface area contributed by atoms with Gasteiger partial charge in [0, 0.05) is 24.5 Å². The Morgan fingerprint density at radius 1 is 1.33 bits per heavy atom. The van der Waals surface area contributed by atoms with Gasteiger partial charge in [0.1, 0.15) is 0 Å². The summed E-state index contributed by atoms with van der Waals surface area (Å²) in [5.41, 5.74) is 0.218. The average molecular weight is 212 g/mol. The van der Waals surface area contributed by atoms with E-state index in [1.807, 2.05) is 0 Å². The number of carbonyl (C=O) groups is 1. The summed E-state index contributed by atoms with van der Waals surface area (Å²) in [5, 5.41) is 6.65. The topological polar surface area (TPSA) is 41.1 Å². The van der Waals surface area contributed by atoms with Gasteiger partial charge in [0.2, 0.25) is 5.91 Å². The molecule has 0 spiro atoms. The standard InChI is InChI=1S/C12H24N2O/c1-5-12(3,4)14-11-7-6-10(8-11)13-9(2)15/h10-11,14H,5-8H2,1-4H3,(H,13,15)/t10-,11+/m1/s1. The molecule has 0 aliphatic heterocycles. The summed E-state index contributed by atoms with van der Waals surface area (Å²) in [6, 6.07) is 0.949. The van der Waals surface area contributed by atoms with Gasteiger partial charge in [0.15, 0.2) is 0 Å². The van der Waals surface area contributed by atoms with E-state index in [4.69, 9.17) is 0 Å². The summed E-state index contributed by atoms with van der Waals surface area (Å²) in [6.45, 7) is 8.27. The molecule has 1 fully saturated rings. The Kier molecular flexibility index (Phi) is 4.14. The summed E-state index contributed by atoms with van der Waals surface area (Å²) in [6.07, 6.45) is 4.49. The van der Waals surface area contributed by atoms with Crippen LogP contribution in [0.2, 0.25) is 0 Å². The molecule has 1 amide bonds. The zero-order valence-electron chi connectivity index (χ0n) is 10.4. The number of carbonyl (C=O) groups excluding carboxylic acids is 1. The predicted octanol–water partition coefficient (Wildman–Crippen LogP) is 1.82. The molecule has 1 aliphatic rings. The van der Waals surface area contributed by atoms with Gasteiger partial charge in [0.25, 0.3) is 0 Å². The molecule has 0 bridgehead atoms. The number of hydrogen-bond donors (Lipinski definition) is 2. The van der Waals surface area contributed by atoms with Gasteiger partial charge in [-0.1, -0.05) is 6.92 Å². The molecule has 0 radical (unpaired) electrons. The Morgan fingerprint density at radius 2 is 1.93 bits per heavy atom. The lowest BCUT2D eigenvalue weighted by Crippen LogP contribution is -2.45. The maximum atomic E-state index is 10.9. The summed E-state index contributed by atoms with van der Waals surface area (Å²) >= 11 is 0. The maximum absolute atomic E-state index is 10.9. The molecular formula is C12H24N2O. The van der Waals surface area contributed by atoms with Crippen LogP contribution in [0.4, 0.5) is 0 Å². The normalized spacial score (nSPS) is 26.7. The van der Waals surface area contributed by atoms with Crippen molar-refractivity contribution in [2.24, 2.45) is 0 Å². The van der Waals surface area contributed by atoms with Crippen LogP contribution < -0.4 is 10.6 Å². The van der Waals surface area contributed by atoms with Gasteiger partial charge in [-0.3, -0.25) is 4.79 Å².